The van der Waals surface area contributed by atoms with Gasteiger partial charge in [0.1, 0.15) is 0 Å². The van der Waals surface area contributed by atoms with Crippen LogP contribution in [-0.2, 0) is 6.42 Å². The molecule has 1 aromatic heterocycles. The van der Waals surface area contributed by atoms with E-state index in [1.54, 1.807) is 0 Å². The smallest absolute Gasteiger partial charge is 0.257 e. The number of fused-ring (bicyclic) bond motifs is 5. The van der Waals surface area contributed by atoms with E-state index in [0.717, 1.165) is 30.9 Å². The van der Waals surface area contributed by atoms with E-state index in [2.05, 4.69) is 70.7 Å². The Morgan fingerprint density at radius 1 is 1.03 bits per heavy atom. The quantitative estimate of drug-likeness (QED) is 0.405. The number of halogens is 2. The zero-order chi connectivity index (χ0) is 25.3. The van der Waals surface area contributed by atoms with Gasteiger partial charge in [-0.3, -0.25) is 9.80 Å². The molecule has 37 heavy (non-hydrogen) atoms. The summed E-state index contributed by atoms with van der Waals surface area (Å²) in [6.07, 6.45) is 6.61. The highest BCUT2D eigenvalue weighted by Crippen LogP contribution is 2.52. The number of rotatable bonds is 6. The molecular formula is C31H38F2N4. The Morgan fingerprint density at radius 2 is 1.78 bits per heavy atom. The predicted octanol–water partition coefficient (Wildman–Crippen LogP) is 6.44. The minimum atomic E-state index is -2.63. The maximum atomic E-state index is 13.3. The first-order chi connectivity index (χ1) is 17.8. The number of alkyl halides is 2. The largest absolute Gasteiger partial charge is 0.380 e. The lowest BCUT2D eigenvalue weighted by molar-refractivity contribution is -0.0356. The van der Waals surface area contributed by atoms with Crippen molar-refractivity contribution in [1.82, 2.24) is 14.8 Å². The van der Waals surface area contributed by atoms with Crippen LogP contribution in [0.25, 0.3) is 10.9 Å². The average molecular weight is 505 g/mol. The summed E-state index contributed by atoms with van der Waals surface area (Å²) >= 11 is 0. The van der Waals surface area contributed by atoms with Gasteiger partial charge in [-0.15, -0.1) is 0 Å². The van der Waals surface area contributed by atoms with Gasteiger partial charge in [0.15, 0.2) is 0 Å². The van der Waals surface area contributed by atoms with Crippen molar-refractivity contribution in [2.75, 3.05) is 25.0 Å². The Hall–Kier alpha value is -2.44. The number of hydrogen-bond acceptors (Lipinski definition) is 3. The van der Waals surface area contributed by atoms with Gasteiger partial charge < -0.3 is 10.3 Å². The van der Waals surface area contributed by atoms with Crippen LogP contribution in [0.2, 0.25) is 0 Å². The maximum absolute atomic E-state index is 13.3. The lowest BCUT2D eigenvalue weighted by Crippen LogP contribution is -2.57. The lowest BCUT2D eigenvalue weighted by atomic mass is 9.61. The van der Waals surface area contributed by atoms with E-state index in [1.807, 2.05) is 4.90 Å². The summed E-state index contributed by atoms with van der Waals surface area (Å²) in [4.78, 5) is 8.52. The number of benzene rings is 2. The fourth-order valence-electron chi connectivity index (χ4n) is 7.89. The topological polar surface area (TPSA) is 34.3 Å². The Morgan fingerprint density at radius 3 is 2.49 bits per heavy atom. The van der Waals surface area contributed by atoms with E-state index < -0.39 is 5.92 Å². The van der Waals surface area contributed by atoms with Gasteiger partial charge in [0.25, 0.3) is 5.92 Å². The molecule has 2 aliphatic heterocycles. The van der Waals surface area contributed by atoms with Gasteiger partial charge in [0, 0.05) is 54.4 Å². The van der Waals surface area contributed by atoms with Crippen molar-refractivity contribution < 1.29 is 8.78 Å². The van der Waals surface area contributed by atoms with E-state index in [-0.39, 0.29) is 18.6 Å². The first kappa shape index (κ1) is 23.7. The maximum Gasteiger partial charge on any atom is 0.257 e. The molecule has 1 saturated heterocycles. The zero-order valence-corrected chi connectivity index (χ0v) is 21.9. The summed E-state index contributed by atoms with van der Waals surface area (Å²) < 4.78 is 26.6. The minimum absolute atomic E-state index is 0.157. The number of nitrogens with zero attached hydrogens (tertiary/aromatic N) is 2. The second-order valence-corrected chi connectivity index (χ2v) is 12.4. The molecule has 0 amide bonds. The number of para-hydroxylation sites is 1. The summed E-state index contributed by atoms with van der Waals surface area (Å²) in [6, 6.07) is 19.3. The van der Waals surface area contributed by atoms with Gasteiger partial charge in [-0.2, -0.15) is 0 Å². The summed E-state index contributed by atoms with van der Waals surface area (Å²) in [7, 11) is 0. The number of aromatic nitrogens is 1. The molecule has 4 nitrogen and oxygen atoms in total. The molecule has 0 spiro atoms. The van der Waals surface area contributed by atoms with E-state index in [0.29, 0.717) is 25.2 Å². The Kier molecular flexibility index (Phi) is 5.63. The Labute approximate surface area is 218 Å². The average Bonchev–Trinajstić information content (AvgIpc) is 3.19. The number of nitrogens with one attached hydrogen (secondary N) is 2. The van der Waals surface area contributed by atoms with Crippen molar-refractivity contribution in [2.45, 2.75) is 76.0 Å². The van der Waals surface area contributed by atoms with Gasteiger partial charge in [-0.25, -0.2) is 8.78 Å². The van der Waals surface area contributed by atoms with E-state index in [9.17, 15) is 8.78 Å². The monoisotopic (exact) mass is 504 g/mol. The molecule has 196 valence electrons. The highest BCUT2D eigenvalue weighted by molar-refractivity contribution is 5.85. The van der Waals surface area contributed by atoms with Crippen LogP contribution in [0.1, 0.15) is 62.4 Å². The number of H-pyrrole nitrogens is 1. The van der Waals surface area contributed by atoms with Crippen LogP contribution in [0.3, 0.4) is 0 Å². The fraction of sp³-hybridized carbons (Fsp3) is 0.548. The van der Waals surface area contributed by atoms with Gasteiger partial charge in [0.2, 0.25) is 0 Å². The number of likely N-dealkylation sites (tertiary alicyclic amines) is 1. The van der Waals surface area contributed by atoms with Crippen LogP contribution >= 0.6 is 0 Å². The van der Waals surface area contributed by atoms with Crippen molar-refractivity contribution in [3.63, 3.8) is 0 Å². The molecule has 2 bridgehead atoms. The lowest BCUT2D eigenvalue weighted by Gasteiger charge is -2.55. The third-order valence-corrected chi connectivity index (χ3v) is 9.55. The zero-order valence-electron chi connectivity index (χ0n) is 21.9. The molecule has 2 N–H and O–H groups in total. The van der Waals surface area contributed by atoms with E-state index >= 15 is 0 Å². The molecule has 6 heteroatoms. The van der Waals surface area contributed by atoms with Crippen molar-refractivity contribution in [3.8, 4) is 0 Å². The Bertz CT molecular complexity index is 1260. The van der Waals surface area contributed by atoms with Crippen LogP contribution in [0.5, 0.6) is 0 Å². The van der Waals surface area contributed by atoms with Crippen molar-refractivity contribution in [2.24, 2.45) is 11.8 Å². The highest BCUT2D eigenvalue weighted by Gasteiger charge is 2.48. The third-order valence-electron chi connectivity index (χ3n) is 9.55. The molecule has 3 saturated carbocycles. The second-order valence-electron chi connectivity index (χ2n) is 12.4. The summed E-state index contributed by atoms with van der Waals surface area (Å²) in [5.74, 6) is -0.817. The predicted molar refractivity (Wildman–Crippen MR) is 145 cm³/mol. The fourth-order valence-corrected chi connectivity index (χ4v) is 7.89. The molecule has 3 aromatic rings. The van der Waals surface area contributed by atoms with Gasteiger partial charge >= 0.3 is 0 Å². The molecule has 4 fully saturated rings. The molecule has 3 atom stereocenters. The van der Waals surface area contributed by atoms with Gasteiger partial charge in [0.05, 0.1) is 18.6 Å². The van der Waals surface area contributed by atoms with E-state index in [1.165, 1.54) is 53.4 Å². The molecule has 3 heterocycles. The van der Waals surface area contributed by atoms with Crippen molar-refractivity contribution in [3.05, 3.63) is 65.4 Å². The minimum Gasteiger partial charge on any atom is -0.380 e. The first-order valence-electron chi connectivity index (χ1n) is 14.2. The molecule has 5 aliphatic rings. The summed E-state index contributed by atoms with van der Waals surface area (Å²) in [5, 5.41) is 4.92. The van der Waals surface area contributed by atoms with Crippen LogP contribution in [0.15, 0.2) is 48.5 Å². The summed E-state index contributed by atoms with van der Waals surface area (Å²) in [6.45, 7) is 4.61. The third kappa shape index (κ3) is 4.26. The van der Waals surface area contributed by atoms with Gasteiger partial charge in [-0.05, 0) is 80.2 Å². The Balaban J connectivity index is 1.17. The SMILES string of the molecule is C[C@@H]1Cc2c([nH]c3ccccc23)[C@@H](c2ccc(NC3CN(CC(C)(F)F)C3)cc2)N1[C@@H]1CCC2CC1C2. The number of aromatic amines is 1. The molecule has 0 radical (unpaired) electrons. The standard InChI is InChI=1S/C31H38F2N4/c1-19-13-26-25-5-3-4-6-27(25)35-29(26)30(37(19)28-12-7-20-14-22(28)15-20)21-8-10-23(11-9-21)34-24-16-36(17-24)18-31(2,32)33/h3-6,8-11,19-20,22,24,28,30,34-35H,7,12-18H2,1-2H3/t19-,20?,22?,28-,30-/m1/s1. The second kappa shape index (κ2) is 8.81. The van der Waals surface area contributed by atoms with Gasteiger partial charge in [-0.1, -0.05) is 30.3 Å². The molecular weight excluding hydrogens is 466 g/mol. The van der Waals surface area contributed by atoms with Crippen molar-refractivity contribution >= 4 is 16.6 Å². The number of anilines is 1. The van der Waals surface area contributed by atoms with Crippen LogP contribution in [-0.4, -0.2) is 58.5 Å². The first-order valence-corrected chi connectivity index (χ1v) is 14.2. The molecule has 0 unspecified atom stereocenters. The normalized spacial score (nSPS) is 30.5. The molecule has 3 aliphatic carbocycles. The van der Waals surface area contributed by atoms with Crippen LogP contribution in [0, 0.1) is 11.8 Å². The summed E-state index contributed by atoms with van der Waals surface area (Å²) in [5.41, 5.74) is 6.51. The van der Waals surface area contributed by atoms with Crippen molar-refractivity contribution in [1.29, 1.82) is 0 Å². The number of hydrogen-bond donors (Lipinski definition) is 2. The molecule has 2 aromatic carbocycles. The van der Waals surface area contributed by atoms with Crippen LogP contribution in [0.4, 0.5) is 14.5 Å². The molecule has 8 rings (SSSR count). The highest BCUT2D eigenvalue weighted by atomic mass is 19.3. The van der Waals surface area contributed by atoms with Crippen LogP contribution < -0.4 is 5.32 Å². The van der Waals surface area contributed by atoms with E-state index in [4.69, 9.17) is 0 Å².